The Morgan fingerprint density at radius 2 is 1.50 bits per heavy atom. The maximum absolute atomic E-state index is 14.7. The van der Waals surface area contributed by atoms with E-state index in [4.69, 9.17) is 18.9 Å². The van der Waals surface area contributed by atoms with E-state index in [1.165, 1.54) is 6.92 Å². The van der Waals surface area contributed by atoms with Gasteiger partial charge in [0.25, 0.3) is 0 Å². The van der Waals surface area contributed by atoms with Crippen molar-refractivity contribution < 1.29 is 42.4 Å². The molecule has 10 heteroatoms. The van der Waals surface area contributed by atoms with Crippen LogP contribution < -0.4 is 5.32 Å². The van der Waals surface area contributed by atoms with Crippen LogP contribution in [0.25, 0.3) is 0 Å². The van der Waals surface area contributed by atoms with Gasteiger partial charge in [0.15, 0.2) is 6.10 Å². The van der Waals surface area contributed by atoms with Crippen LogP contribution in [0.5, 0.6) is 0 Å². The van der Waals surface area contributed by atoms with Crippen molar-refractivity contribution >= 4 is 11.9 Å². The molecule has 0 radical (unpaired) electrons. The summed E-state index contributed by atoms with van der Waals surface area (Å²) in [6, 6.07) is -1.41. The lowest BCUT2D eigenvalue weighted by Gasteiger charge is -2.47. The van der Waals surface area contributed by atoms with E-state index in [1.54, 1.807) is 0 Å². The second-order valence-electron chi connectivity index (χ2n) is 8.06. The summed E-state index contributed by atoms with van der Waals surface area (Å²) in [5.41, 5.74) is 0. The van der Waals surface area contributed by atoms with Gasteiger partial charge in [-0.15, -0.1) is 0 Å². The molecule has 1 rings (SSSR count). The second-order valence-corrected chi connectivity index (χ2v) is 8.06. The topological polar surface area (TPSA) is 103 Å². The minimum absolute atomic E-state index is 0.0522. The lowest BCUT2D eigenvalue weighted by atomic mass is 9.88. The van der Waals surface area contributed by atoms with E-state index in [2.05, 4.69) is 5.32 Å². The quantitative estimate of drug-likeness (QED) is 0.336. The SMILES string of the molecule is CCCCOC[C@H]1O[C@H](C(F)(F)C(=O)O)[C@H](NC(C)=O)[C@@H](OCCCC)[C@H]1OCCCC. The van der Waals surface area contributed by atoms with Crippen LogP contribution in [0.3, 0.4) is 0 Å². The summed E-state index contributed by atoms with van der Waals surface area (Å²) in [5.74, 6) is -7.18. The van der Waals surface area contributed by atoms with Crippen LogP contribution >= 0.6 is 0 Å². The molecule has 0 saturated carbocycles. The Labute approximate surface area is 189 Å². The Morgan fingerprint density at radius 1 is 0.969 bits per heavy atom. The van der Waals surface area contributed by atoms with E-state index in [0.29, 0.717) is 19.6 Å². The molecule has 32 heavy (non-hydrogen) atoms. The summed E-state index contributed by atoms with van der Waals surface area (Å²) in [4.78, 5) is 23.2. The van der Waals surface area contributed by atoms with Crippen molar-refractivity contribution in [3.05, 3.63) is 0 Å². The number of hydrogen-bond acceptors (Lipinski definition) is 6. The van der Waals surface area contributed by atoms with Gasteiger partial charge in [0.2, 0.25) is 5.91 Å². The monoisotopic (exact) mass is 467 g/mol. The molecule has 1 heterocycles. The zero-order valence-electron chi connectivity index (χ0n) is 19.6. The van der Waals surface area contributed by atoms with Gasteiger partial charge in [-0.1, -0.05) is 40.0 Å². The highest BCUT2D eigenvalue weighted by Gasteiger charge is 2.60. The van der Waals surface area contributed by atoms with Crippen LogP contribution in [0.2, 0.25) is 0 Å². The molecule has 0 unspecified atom stereocenters. The first kappa shape index (κ1) is 28.7. The third kappa shape index (κ3) is 8.53. The molecule has 2 N–H and O–H groups in total. The minimum Gasteiger partial charge on any atom is -0.477 e. The van der Waals surface area contributed by atoms with E-state index in [0.717, 1.165) is 32.1 Å². The first-order valence-electron chi connectivity index (χ1n) is 11.5. The van der Waals surface area contributed by atoms with Crippen molar-refractivity contribution in [1.82, 2.24) is 5.32 Å². The summed E-state index contributed by atoms with van der Waals surface area (Å²) in [5, 5.41) is 11.6. The van der Waals surface area contributed by atoms with Crippen LogP contribution in [-0.2, 0) is 28.5 Å². The fraction of sp³-hybridized carbons (Fsp3) is 0.909. The van der Waals surface area contributed by atoms with Crippen LogP contribution in [0, 0.1) is 0 Å². The predicted octanol–water partition coefficient (Wildman–Crippen LogP) is 3.17. The maximum atomic E-state index is 14.7. The molecular formula is C22H39F2NO7. The molecule has 0 spiro atoms. The first-order chi connectivity index (χ1) is 15.2. The van der Waals surface area contributed by atoms with Gasteiger partial charge in [-0.3, -0.25) is 4.79 Å². The molecule has 1 aliphatic heterocycles. The lowest BCUT2D eigenvalue weighted by molar-refractivity contribution is -0.268. The molecule has 0 aromatic carbocycles. The number of ether oxygens (including phenoxy) is 4. The number of carbonyl (C=O) groups excluding carboxylic acids is 1. The number of unbranched alkanes of at least 4 members (excludes halogenated alkanes) is 3. The number of carbonyl (C=O) groups is 2. The smallest absolute Gasteiger partial charge is 0.377 e. The second kappa shape index (κ2) is 14.7. The van der Waals surface area contributed by atoms with Gasteiger partial charge in [0.1, 0.15) is 18.3 Å². The van der Waals surface area contributed by atoms with Crippen molar-refractivity contribution in [2.24, 2.45) is 0 Å². The third-order valence-electron chi connectivity index (χ3n) is 5.24. The van der Waals surface area contributed by atoms with Crippen LogP contribution in [0.1, 0.15) is 66.2 Å². The number of carboxylic acid groups (broad SMARTS) is 1. The Bertz CT molecular complexity index is 564. The Kier molecular flexibility index (Phi) is 13.2. The number of hydrogen-bond donors (Lipinski definition) is 2. The lowest BCUT2D eigenvalue weighted by Crippen LogP contribution is -2.70. The van der Waals surface area contributed by atoms with Gasteiger partial charge < -0.3 is 29.4 Å². The van der Waals surface area contributed by atoms with Crippen molar-refractivity contribution in [2.75, 3.05) is 26.4 Å². The summed E-state index contributed by atoms with van der Waals surface area (Å²) in [6.07, 6.45) is -0.177. The van der Waals surface area contributed by atoms with E-state index < -0.39 is 48.3 Å². The molecule has 1 aliphatic rings. The molecule has 1 fully saturated rings. The molecule has 0 bridgehead atoms. The van der Waals surface area contributed by atoms with E-state index >= 15 is 0 Å². The largest absolute Gasteiger partial charge is 0.477 e. The fourth-order valence-corrected chi connectivity index (χ4v) is 3.47. The van der Waals surface area contributed by atoms with E-state index in [1.807, 2.05) is 20.8 Å². The third-order valence-corrected chi connectivity index (χ3v) is 5.24. The zero-order valence-corrected chi connectivity index (χ0v) is 19.6. The zero-order chi connectivity index (χ0) is 24.1. The van der Waals surface area contributed by atoms with E-state index in [9.17, 15) is 23.5 Å². The molecule has 5 atom stereocenters. The molecule has 0 aromatic rings. The molecule has 188 valence electrons. The average molecular weight is 468 g/mol. The number of alkyl halides is 2. The Morgan fingerprint density at radius 3 is 2.00 bits per heavy atom. The summed E-state index contributed by atoms with van der Waals surface area (Å²) in [7, 11) is 0. The van der Waals surface area contributed by atoms with Gasteiger partial charge in [-0.05, 0) is 19.3 Å². The molecule has 0 aliphatic carbocycles. The highest BCUT2D eigenvalue weighted by molar-refractivity contribution is 5.77. The van der Waals surface area contributed by atoms with Gasteiger partial charge in [0.05, 0.1) is 12.6 Å². The van der Waals surface area contributed by atoms with Crippen LogP contribution in [0.4, 0.5) is 8.78 Å². The minimum atomic E-state index is -4.25. The van der Waals surface area contributed by atoms with Crippen molar-refractivity contribution in [1.29, 1.82) is 0 Å². The number of amides is 1. The van der Waals surface area contributed by atoms with Crippen molar-refractivity contribution in [3.63, 3.8) is 0 Å². The molecule has 1 amide bonds. The normalized spacial score (nSPS) is 26.1. The summed E-state index contributed by atoms with van der Waals surface area (Å²) >= 11 is 0. The van der Waals surface area contributed by atoms with E-state index in [-0.39, 0.29) is 13.2 Å². The fourth-order valence-electron chi connectivity index (χ4n) is 3.47. The molecular weight excluding hydrogens is 428 g/mol. The van der Waals surface area contributed by atoms with Gasteiger partial charge in [-0.25, -0.2) is 4.79 Å². The predicted molar refractivity (Wildman–Crippen MR) is 114 cm³/mol. The van der Waals surface area contributed by atoms with Crippen molar-refractivity contribution in [3.8, 4) is 0 Å². The number of carboxylic acids is 1. The highest BCUT2D eigenvalue weighted by atomic mass is 19.3. The Balaban J connectivity index is 3.29. The number of halogens is 2. The Hall–Kier alpha value is -1.36. The molecule has 8 nitrogen and oxygen atoms in total. The average Bonchev–Trinajstić information content (AvgIpc) is 2.73. The standard InChI is InChI=1S/C22H39F2NO7/c1-5-8-11-29-14-16-18(30-12-9-6-2)19(31-13-10-7-3)17(25-15(4)26)20(32-16)22(23,24)21(27)28/h16-20H,5-14H2,1-4H3,(H,25,26)(H,27,28)/t16-,17-,18+,19-,20+/m1/s1. The van der Waals surface area contributed by atoms with Crippen LogP contribution in [0.15, 0.2) is 0 Å². The molecule has 1 saturated heterocycles. The number of aliphatic carboxylic acids is 1. The number of rotatable bonds is 16. The van der Waals surface area contributed by atoms with Gasteiger partial charge in [0, 0.05) is 26.7 Å². The number of nitrogens with one attached hydrogen (secondary N) is 1. The summed E-state index contributed by atoms with van der Waals surface area (Å²) in [6.45, 7) is 8.07. The van der Waals surface area contributed by atoms with Crippen LogP contribution in [-0.4, -0.2) is 79.8 Å². The van der Waals surface area contributed by atoms with Gasteiger partial charge >= 0.3 is 11.9 Å². The first-order valence-corrected chi connectivity index (χ1v) is 11.5. The summed E-state index contributed by atoms with van der Waals surface area (Å²) < 4.78 is 52.6. The highest BCUT2D eigenvalue weighted by Crippen LogP contribution is 2.35. The van der Waals surface area contributed by atoms with Gasteiger partial charge in [-0.2, -0.15) is 8.78 Å². The maximum Gasteiger partial charge on any atom is 0.377 e. The molecule has 0 aromatic heterocycles. The van der Waals surface area contributed by atoms with Crippen molar-refractivity contribution in [2.45, 2.75) is 103 Å².